The number of carbonyl (C=O) groups excluding carboxylic acids is 1. The van der Waals surface area contributed by atoms with Crippen molar-refractivity contribution in [3.63, 3.8) is 0 Å². The number of hydrogen-bond donors (Lipinski definition) is 1. The standard InChI is InChI=1S/C21H20Cl3N5OS/c1-4-8-29-20(13-6-5-7-14(9-13)28(2)3)26-27-21(29)31-12-19(30)25-18-11-16(23)15(22)10-17(18)24/h4-7,9-11H,1,8,12H2,2-3H3,(H,25,30). The number of aromatic nitrogens is 3. The molecule has 1 amide bonds. The van der Waals surface area contributed by atoms with Gasteiger partial charge in [0.05, 0.1) is 26.5 Å². The fourth-order valence-electron chi connectivity index (χ4n) is 2.76. The number of nitrogens with zero attached hydrogens (tertiary/aromatic N) is 4. The average Bonchev–Trinajstić information content (AvgIpc) is 3.13. The summed E-state index contributed by atoms with van der Waals surface area (Å²) in [5.41, 5.74) is 2.38. The smallest absolute Gasteiger partial charge is 0.234 e. The van der Waals surface area contributed by atoms with Crippen molar-refractivity contribution < 1.29 is 4.79 Å². The van der Waals surface area contributed by atoms with E-state index >= 15 is 0 Å². The van der Waals surface area contributed by atoms with E-state index in [2.05, 4.69) is 22.1 Å². The van der Waals surface area contributed by atoms with Gasteiger partial charge in [-0.3, -0.25) is 9.36 Å². The molecule has 2 aromatic carbocycles. The molecule has 6 nitrogen and oxygen atoms in total. The molecule has 0 saturated carbocycles. The number of benzene rings is 2. The first-order valence-corrected chi connectivity index (χ1v) is 11.3. The second-order valence-electron chi connectivity index (χ2n) is 6.73. The lowest BCUT2D eigenvalue weighted by Gasteiger charge is -2.14. The van der Waals surface area contributed by atoms with Gasteiger partial charge in [0.2, 0.25) is 5.91 Å². The number of amides is 1. The Morgan fingerprint density at radius 1 is 1.16 bits per heavy atom. The topological polar surface area (TPSA) is 63.1 Å². The van der Waals surface area contributed by atoms with Gasteiger partial charge in [-0.1, -0.05) is 64.8 Å². The SMILES string of the molecule is C=CCn1c(SCC(=O)Nc2cc(Cl)c(Cl)cc2Cl)nnc1-c1cccc(N(C)C)c1. The lowest BCUT2D eigenvalue weighted by Crippen LogP contribution is -2.15. The molecule has 1 aromatic heterocycles. The first-order valence-electron chi connectivity index (χ1n) is 9.19. The van der Waals surface area contributed by atoms with Crippen LogP contribution in [-0.2, 0) is 11.3 Å². The number of hydrogen-bond acceptors (Lipinski definition) is 5. The van der Waals surface area contributed by atoms with Gasteiger partial charge in [-0.2, -0.15) is 0 Å². The maximum atomic E-state index is 12.5. The molecule has 31 heavy (non-hydrogen) atoms. The van der Waals surface area contributed by atoms with Crippen LogP contribution in [0.25, 0.3) is 11.4 Å². The number of nitrogens with one attached hydrogen (secondary N) is 1. The summed E-state index contributed by atoms with van der Waals surface area (Å²) in [7, 11) is 3.96. The summed E-state index contributed by atoms with van der Waals surface area (Å²) in [5, 5.41) is 12.9. The van der Waals surface area contributed by atoms with Gasteiger partial charge in [-0.15, -0.1) is 16.8 Å². The Balaban J connectivity index is 1.76. The van der Waals surface area contributed by atoms with E-state index in [4.69, 9.17) is 34.8 Å². The lowest BCUT2D eigenvalue weighted by atomic mass is 10.2. The van der Waals surface area contributed by atoms with E-state index in [1.54, 1.807) is 6.08 Å². The molecule has 162 valence electrons. The van der Waals surface area contributed by atoms with Crippen LogP contribution in [-0.4, -0.2) is 40.5 Å². The van der Waals surface area contributed by atoms with E-state index in [1.807, 2.05) is 47.8 Å². The zero-order valence-electron chi connectivity index (χ0n) is 16.9. The number of carbonyl (C=O) groups is 1. The number of thioether (sulfide) groups is 1. The van der Waals surface area contributed by atoms with E-state index in [0.29, 0.717) is 38.3 Å². The van der Waals surface area contributed by atoms with Crippen molar-refractivity contribution in [3.05, 3.63) is 64.1 Å². The number of anilines is 2. The van der Waals surface area contributed by atoms with Crippen LogP contribution in [0.4, 0.5) is 11.4 Å². The Morgan fingerprint density at radius 2 is 1.90 bits per heavy atom. The molecule has 10 heteroatoms. The molecule has 1 N–H and O–H groups in total. The molecule has 1 heterocycles. The van der Waals surface area contributed by atoms with Crippen molar-refractivity contribution in [2.24, 2.45) is 0 Å². The summed E-state index contributed by atoms with van der Waals surface area (Å²) < 4.78 is 1.92. The first-order chi connectivity index (χ1) is 14.8. The summed E-state index contributed by atoms with van der Waals surface area (Å²) in [4.78, 5) is 14.5. The van der Waals surface area contributed by atoms with E-state index < -0.39 is 0 Å². The Hall–Kier alpha value is -2.19. The predicted octanol–water partition coefficient (Wildman–Crippen LogP) is 5.89. The van der Waals surface area contributed by atoms with Crippen LogP contribution in [0, 0.1) is 0 Å². The van der Waals surface area contributed by atoms with Crippen molar-refractivity contribution >= 4 is 63.8 Å². The fourth-order valence-corrected chi connectivity index (χ4v) is 4.10. The Morgan fingerprint density at radius 3 is 2.61 bits per heavy atom. The molecule has 0 saturated heterocycles. The van der Waals surface area contributed by atoms with Crippen LogP contribution >= 0.6 is 46.6 Å². The highest BCUT2D eigenvalue weighted by atomic mass is 35.5. The number of allylic oxidation sites excluding steroid dienone is 1. The Labute approximate surface area is 200 Å². The van der Waals surface area contributed by atoms with E-state index in [-0.39, 0.29) is 11.7 Å². The second kappa shape index (κ2) is 10.4. The Kier molecular flexibility index (Phi) is 7.89. The normalized spacial score (nSPS) is 10.7. The molecule has 0 aliphatic rings. The van der Waals surface area contributed by atoms with Gasteiger partial charge in [0.15, 0.2) is 11.0 Å². The third-order valence-corrected chi connectivity index (χ3v) is 6.27. The summed E-state index contributed by atoms with van der Waals surface area (Å²) in [6.45, 7) is 4.33. The summed E-state index contributed by atoms with van der Waals surface area (Å²) >= 11 is 19.3. The van der Waals surface area contributed by atoms with Crippen molar-refractivity contribution in [2.45, 2.75) is 11.7 Å². The van der Waals surface area contributed by atoms with Gasteiger partial charge in [0, 0.05) is 31.9 Å². The van der Waals surface area contributed by atoms with Gasteiger partial charge in [0.1, 0.15) is 0 Å². The molecule has 0 atom stereocenters. The van der Waals surface area contributed by atoms with Crippen molar-refractivity contribution in [3.8, 4) is 11.4 Å². The maximum absolute atomic E-state index is 12.5. The van der Waals surface area contributed by atoms with Crippen molar-refractivity contribution in [2.75, 3.05) is 30.1 Å². The van der Waals surface area contributed by atoms with Gasteiger partial charge in [-0.25, -0.2) is 0 Å². The zero-order valence-corrected chi connectivity index (χ0v) is 20.0. The summed E-state index contributed by atoms with van der Waals surface area (Å²) in [6, 6.07) is 11.0. The summed E-state index contributed by atoms with van der Waals surface area (Å²) in [6.07, 6.45) is 1.77. The quantitative estimate of drug-likeness (QED) is 0.239. The molecule has 0 unspecified atom stereocenters. The molecule has 0 aliphatic heterocycles. The maximum Gasteiger partial charge on any atom is 0.234 e. The molecule has 0 fully saturated rings. The van der Waals surface area contributed by atoms with Crippen LogP contribution in [0.5, 0.6) is 0 Å². The minimum Gasteiger partial charge on any atom is -0.378 e. The average molecular weight is 497 g/mol. The van der Waals surface area contributed by atoms with Crippen LogP contribution in [0.3, 0.4) is 0 Å². The van der Waals surface area contributed by atoms with Gasteiger partial charge >= 0.3 is 0 Å². The monoisotopic (exact) mass is 495 g/mol. The van der Waals surface area contributed by atoms with Crippen molar-refractivity contribution in [1.29, 1.82) is 0 Å². The minimum absolute atomic E-state index is 0.115. The first kappa shape index (κ1) is 23.5. The molecule has 0 radical (unpaired) electrons. The largest absolute Gasteiger partial charge is 0.378 e. The third-order valence-electron chi connectivity index (χ3n) is 4.27. The highest BCUT2D eigenvalue weighted by Gasteiger charge is 2.16. The van der Waals surface area contributed by atoms with Crippen LogP contribution in [0.1, 0.15) is 0 Å². The third kappa shape index (κ3) is 5.74. The summed E-state index contributed by atoms with van der Waals surface area (Å²) in [5.74, 6) is 0.567. The van der Waals surface area contributed by atoms with Crippen molar-refractivity contribution in [1.82, 2.24) is 14.8 Å². The fraction of sp³-hybridized carbons (Fsp3) is 0.190. The zero-order chi connectivity index (χ0) is 22.5. The minimum atomic E-state index is -0.255. The molecule has 3 aromatic rings. The number of rotatable bonds is 8. The van der Waals surface area contributed by atoms with Gasteiger partial charge in [-0.05, 0) is 24.3 Å². The molecule has 0 aliphatic carbocycles. The van der Waals surface area contributed by atoms with Crippen LogP contribution < -0.4 is 10.2 Å². The number of halogens is 3. The molecular weight excluding hydrogens is 477 g/mol. The van der Waals surface area contributed by atoms with E-state index in [1.165, 1.54) is 23.9 Å². The van der Waals surface area contributed by atoms with Crippen LogP contribution in [0.15, 0.2) is 54.2 Å². The van der Waals surface area contributed by atoms with E-state index in [9.17, 15) is 4.79 Å². The second-order valence-corrected chi connectivity index (χ2v) is 8.90. The van der Waals surface area contributed by atoms with E-state index in [0.717, 1.165) is 11.3 Å². The molecular formula is C21H20Cl3N5OS. The highest BCUT2D eigenvalue weighted by molar-refractivity contribution is 7.99. The lowest BCUT2D eigenvalue weighted by molar-refractivity contribution is -0.113. The van der Waals surface area contributed by atoms with Crippen LogP contribution in [0.2, 0.25) is 15.1 Å². The molecule has 0 spiro atoms. The van der Waals surface area contributed by atoms with Gasteiger partial charge in [0.25, 0.3) is 0 Å². The highest BCUT2D eigenvalue weighted by Crippen LogP contribution is 2.32. The van der Waals surface area contributed by atoms with Gasteiger partial charge < -0.3 is 10.2 Å². The predicted molar refractivity (Wildman–Crippen MR) is 131 cm³/mol. The molecule has 3 rings (SSSR count). The molecule has 0 bridgehead atoms. The Bertz CT molecular complexity index is 1120.